The Hall–Kier alpha value is -1.85. The molecule has 0 saturated heterocycles. The number of fused-ring (bicyclic) bond motifs is 1. The lowest BCUT2D eigenvalue weighted by Gasteiger charge is -2.24. The van der Waals surface area contributed by atoms with Crippen molar-refractivity contribution >= 4 is 34.8 Å². The minimum Gasteiger partial charge on any atom is -0.496 e. The Labute approximate surface area is 170 Å². The molecule has 0 saturated carbocycles. The fourth-order valence-electron chi connectivity index (χ4n) is 3.42. The first kappa shape index (κ1) is 19.9. The van der Waals surface area contributed by atoms with E-state index in [2.05, 4.69) is 47.7 Å². The van der Waals surface area contributed by atoms with Crippen molar-refractivity contribution in [1.29, 1.82) is 0 Å². The van der Waals surface area contributed by atoms with Gasteiger partial charge in [-0.1, -0.05) is 25.4 Å². The third-order valence-corrected chi connectivity index (χ3v) is 5.42. The van der Waals surface area contributed by atoms with Crippen LogP contribution in [0.2, 0.25) is 5.02 Å². The number of ether oxygens (including phenoxy) is 1. The Bertz CT molecular complexity index is 919. The predicted molar refractivity (Wildman–Crippen MR) is 117 cm³/mol. The van der Waals surface area contributed by atoms with Crippen molar-refractivity contribution < 1.29 is 4.74 Å². The van der Waals surface area contributed by atoms with Crippen LogP contribution < -0.4 is 9.64 Å². The van der Waals surface area contributed by atoms with Gasteiger partial charge < -0.3 is 9.64 Å². The van der Waals surface area contributed by atoms with Gasteiger partial charge in [0.1, 0.15) is 22.2 Å². The van der Waals surface area contributed by atoms with Crippen molar-refractivity contribution in [1.82, 2.24) is 9.38 Å². The molecule has 0 aliphatic carbocycles. The minimum atomic E-state index is 0.661. The fraction of sp³-hybridized carbons (Fsp3) is 0.381. The second-order valence-corrected chi connectivity index (χ2v) is 7.62. The number of nitrogens with zero attached hydrogens (tertiary/aromatic N) is 3. The quantitative estimate of drug-likeness (QED) is 0.430. The van der Waals surface area contributed by atoms with Gasteiger partial charge in [-0.3, -0.25) is 4.40 Å². The van der Waals surface area contributed by atoms with Gasteiger partial charge in [0.05, 0.1) is 7.11 Å². The molecule has 0 fully saturated rings. The number of anilines is 1. The number of imidazole rings is 1. The lowest BCUT2D eigenvalue weighted by molar-refractivity contribution is 0.416. The van der Waals surface area contributed by atoms with Crippen LogP contribution in [0, 0.1) is 0 Å². The van der Waals surface area contributed by atoms with Gasteiger partial charge in [0.2, 0.25) is 0 Å². The summed E-state index contributed by atoms with van der Waals surface area (Å²) >= 11 is 7.84. The molecule has 0 aliphatic rings. The molecule has 0 N–H and O–H groups in total. The predicted octanol–water partition coefficient (Wildman–Crippen LogP) is 6.01. The molecule has 144 valence electrons. The first-order valence-corrected chi connectivity index (χ1v) is 10.9. The number of benzene rings is 1. The van der Waals surface area contributed by atoms with Crippen molar-refractivity contribution in [2.45, 2.75) is 31.7 Å². The highest BCUT2D eigenvalue weighted by atomic mass is 35.5. The van der Waals surface area contributed by atoms with Crippen LogP contribution in [-0.4, -0.2) is 35.8 Å². The van der Waals surface area contributed by atoms with Crippen LogP contribution in [0.1, 0.15) is 26.7 Å². The number of hydrogen-bond acceptors (Lipinski definition) is 4. The number of methoxy groups -OCH3 is 1. The smallest absolute Gasteiger partial charge is 0.147 e. The second kappa shape index (κ2) is 8.89. The van der Waals surface area contributed by atoms with Crippen LogP contribution in [0.15, 0.2) is 41.6 Å². The standard InChI is InChI=1S/C21H26ClN3OS/c1-5-11-24(12-6-2)21-20(27-4)23-19-17(8-7-13-25(19)21)16-10-9-15(22)14-18(16)26-3/h7-10,13-14H,5-6,11-12H2,1-4H3. The Morgan fingerprint density at radius 3 is 2.52 bits per heavy atom. The molecule has 27 heavy (non-hydrogen) atoms. The van der Waals surface area contributed by atoms with Crippen LogP contribution in [0.3, 0.4) is 0 Å². The summed E-state index contributed by atoms with van der Waals surface area (Å²) < 4.78 is 7.79. The van der Waals surface area contributed by atoms with E-state index in [1.165, 1.54) is 5.82 Å². The van der Waals surface area contributed by atoms with Gasteiger partial charge in [-0.15, -0.1) is 11.8 Å². The SMILES string of the molecule is CCCN(CCC)c1c(SC)nc2c(-c3ccc(Cl)cc3OC)cccn12. The fourth-order valence-corrected chi connectivity index (χ4v) is 4.17. The van der Waals surface area contributed by atoms with Crippen LogP contribution >= 0.6 is 23.4 Å². The number of halogens is 1. The molecule has 0 aliphatic heterocycles. The van der Waals surface area contributed by atoms with Gasteiger partial charge in [-0.05, 0) is 49.4 Å². The Morgan fingerprint density at radius 2 is 1.89 bits per heavy atom. The van der Waals surface area contributed by atoms with Crippen LogP contribution in [-0.2, 0) is 0 Å². The Kier molecular flexibility index (Phi) is 6.55. The van der Waals surface area contributed by atoms with Gasteiger partial charge in [-0.2, -0.15) is 0 Å². The summed E-state index contributed by atoms with van der Waals surface area (Å²) in [6, 6.07) is 9.90. The lowest BCUT2D eigenvalue weighted by Crippen LogP contribution is -2.26. The summed E-state index contributed by atoms with van der Waals surface area (Å²) in [5, 5.41) is 1.71. The second-order valence-electron chi connectivity index (χ2n) is 6.39. The summed E-state index contributed by atoms with van der Waals surface area (Å²) in [4.78, 5) is 7.43. The van der Waals surface area contributed by atoms with E-state index in [0.29, 0.717) is 5.02 Å². The Morgan fingerprint density at radius 1 is 1.15 bits per heavy atom. The maximum Gasteiger partial charge on any atom is 0.147 e. The molecule has 0 bridgehead atoms. The van der Waals surface area contributed by atoms with E-state index in [1.807, 2.05) is 18.2 Å². The van der Waals surface area contributed by atoms with E-state index in [1.54, 1.807) is 18.9 Å². The van der Waals surface area contributed by atoms with Crippen LogP contribution in [0.25, 0.3) is 16.8 Å². The molecule has 0 radical (unpaired) electrons. The number of thioether (sulfide) groups is 1. The van der Waals surface area contributed by atoms with Crippen molar-refractivity contribution in [3.05, 3.63) is 41.6 Å². The average molecular weight is 404 g/mol. The highest BCUT2D eigenvalue weighted by molar-refractivity contribution is 7.98. The van der Waals surface area contributed by atoms with E-state index in [-0.39, 0.29) is 0 Å². The normalized spacial score (nSPS) is 11.1. The average Bonchev–Trinajstić information content (AvgIpc) is 3.06. The minimum absolute atomic E-state index is 0.661. The van der Waals surface area contributed by atoms with Crippen LogP contribution in [0.4, 0.5) is 5.82 Å². The Balaban J connectivity index is 2.24. The highest BCUT2D eigenvalue weighted by Gasteiger charge is 2.20. The first-order chi connectivity index (χ1) is 13.1. The maximum absolute atomic E-state index is 6.15. The van der Waals surface area contributed by atoms with Gasteiger partial charge in [0, 0.05) is 35.4 Å². The zero-order valence-corrected chi connectivity index (χ0v) is 17.9. The summed E-state index contributed by atoms with van der Waals surface area (Å²) in [6.07, 6.45) is 6.39. The van der Waals surface area contributed by atoms with Crippen molar-refractivity contribution in [3.63, 3.8) is 0 Å². The van der Waals surface area contributed by atoms with Crippen molar-refractivity contribution in [2.24, 2.45) is 0 Å². The van der Waals surface area contributed by atoms with Gasteiger partial charge in [-0.25, -0.2) is 4.98 Å². The summed E-state index contributed by atoms with van der Waals surface area (Å²) in [5.41, 5.74) is 2.98. The molecule has 2 aromatic heterocycles. The molecule has 0 unspecified atom stereocenters. The first-order valence-electron chi connectivity index (χ1n) is 9.28. The molecular weight excluding hydrogens is 378 g/mol. The van der Waals surface area contributed by atoms with E-state index in [9.17, 15) is 0 Å². The van der Waals surface area contributed by atoms with Crippen molar-refractivity contribution in [3.8, 4) is 16.9 Å². The number of aromatic nitrogens is 2. The summed E-state index contributed by atoms with van der Waals surface area (Å²) in [6.45, 7) is 6.47. The van der Waals surface area contributed by atoms with E-state index in [0.717, 1.165) is 53.5 Å². The van der Waals surface area contributed by atoms with E-state index in [4.69, 9.17) is 21.3 Å². The molecule has 0 amide bonds. The zero-order valence-electron chi connectivity index (χ0n) is 16.3. The van der Waals surface area contributed by atoms with Crippen molar-refractivity contribution in [2.75, 3.05) is 31.4 Å². The third kappa shape index (κ3) is 3.90. The monoisotopic (exact) mass is 403 g/mol. The molecule has 0 spiro atoms. The molecular formula is C21H26ClN3OS. The molecule has 3 rings (SSSR count). The van der Waals surface area contributed by atoms with Gasteiger partial charge in [0.15, 0.2) is 0 Å². The highest BCUT2D eigenvalue weighted by Crippen LogP contribution is 2.38. The lowest BCUT2D eigenvalue weighted by atomic mass is 10.1. The number of pyridine rings is 1. The van der Waals surface area contributed by atoms with Crippen LogP contribution in [0.5, 0.6) is 5.75 Å². The number of hydrogen-bond donors (Lipinski definition) is 0. The molecule has 1 aromatic carbocycles. The van der Waals surface area contributed by atoms with Gasteiger partial charge in [0.25, 0.3) is 0 Å². The van der Waals surface area contributed by atoms with Gasteiger partial charge >= 0.3 is 0 Å². The maximum atomic E-state index is 6.15. The number of rotatable bonds is 8. The largest absolute Gasteiger partial charge is 0.496 e. The topological polar surface area (TPSA) is 29.8 Å². The molecule has 3 aromatic rings. The summed E-state index contributed by atoms with van der Waals surface area (Å²) in [5.74, 6) is 1.93. The molecule has 4 nitrogen and oxygen atoms in total. The zero-order chi connectivity index (χ0) is 19.4. The molecule has 0 atom stereocenters. The van der Waals surface area contributed by atoms with E-state index >= 15 is 0 Å². The molecule has 6 heteroatoms. The summed E-state index contributed by atoms with van der Waals surface area (Å²) in [7, 11) is 1.67. The third-order valence-electron chi connectivity index (χ3n) is 4.53. The van der Waals surface area contributed by atoms with E-state index < -0.39 is 0 Å². The molecule has 2 heterocycles.